The Morgan fingerprint density at radius 3 is 2.17 bits per heavy atom. The molecule has 0 aliphatic rings. The van der Waals surface area contributed by atoms with Crippen LogP contribution in [0.25, 0.3) is 28.1 Å². The molecule has 42 heavy (non-hydrogen) atoms. The summed E-state index contributed by atoms with van der Waals surface area (Å²) in [7, 11) is 5.54. The van der Waals surface area contributed by atoms with E-state index in [0.717, 1.165) is 28.1 Å². The Bertz CT molecular complexity index is 1720. The number of benzene rings is 4. The summed E-state index contributed by atoms with van der Waals surface area (Å²) in [6.45, 7) is 3.39. The van der Waals surface area contributed by atoms with Crippen LogP contribution in [0.1, 0.15) is 22.8 Å². The van der Waals surface area contributed by atoms with Gasteiger partial charge < -0.3 is 19.7 Å². The van der Waals surface area contributed by atoms with Crippen LogP contribution in [0.3, 0.4) is 0 Å². The van der Waals surface area contributed by atoms with Crippen molar-refractivity contribution in [2.75, 3.05) is 31.4 Å². The molecule has 0 aliphatic heterocycles. The average molecular weight is 561 g/mol. The first-order valence-corrected chi connectivity index (χ1v) is 13.5. The number of anilines is 2. The molecule has 0 radical (unpaired) electrons. The standard InChI is InChI=1S/C34H32N4O4/c1-22-9-17-28(18-10-22)38-34(42-23(2)39)31(32(36-38)26-7-6-8-29(21-26)37(3)4)24-11-15-27(16-12-24)35-33(40)25-13-19-30(41-5)20-14-25/h6-21H,1-5H3,(H,35,40). The third-order valence-corrected chi connectivity index (χ3v) is 6.78. The minimum absolute atomic E-state index is 0.237. The Balaban J connectivity index is 1.60. The van der Waals surface area contributed by atoms with Crippen molar-refractivity contribution in [3.8, 4) is 39.7 Å². The van der Waals surface area contributed by atoms with Crippen molar-refractivity contribution in [3.05, 3.63) is 108 Å². The zero-order valence-electron chi connectivity index (χ0n) is 24.2. The second-order valence-corrected chi connectivity index (χ2v) is 10.1. The zero-order valence-corrected chi connectivity index (χ0v) is 24.2. The van der Waals surface area contributed by atoms with E-state index in [1.54, 1.807) is 36.1 Å². The van der Waals surface area contributed by atoms with Crippen molar-refractivity contribution in [2.45, 2.75) is 13.8 Å². The van der Waals surface area contributed by atoms with E-state index >= 15 is 0 Å². The summed E-state index contributed by atoms with van der Waals surface area (Å²) >= 11 is 0. The van der Waals surface area contributed by atoms with Crippen LogP contribution in [0.2, 0.25) is 0 Å². The fourth-order valence-corrected chi connectivity index (χ4v) is 4.55. The van der Waals surface area contributed by atoms with Crippen molar-refractivity contribution in [3.63, 3.8) is 0 Å². The number of rotatable bonds is 8. The van der Waals surface area contributed by atoms with Gasteiger partial charge in [0.25, 0.3) is 5.91 Å². The Kier molecular flexibility index (Phi) is 8.06. The van der Waals surface area contributed by atoms with Crippen LogP contribution >= 0.6 is 0 Å². The average Bonchev–Trinajstić information content (AvgIpc) is 3.36. The van der Waals surface area contributed by atoms with Gasteiger partial charge in [0.2, 0.25) is 5.88 Å². The number of carbonyl (C=O) groups excluding carboxylic acids is 2. The van der Waals surface area contributed by atoms with E-state index in [0.29, 0.717) is 34.1 Å². The Morgan fingerprint density at radius 1 is 0.857 bits per heavy atom. The Hall–Kier alpha value is -5.37. The van der Waals surface area contributed by atoms with E-state index in [1.165, 1.54) is 6.92 Å². The molecule has 4 aromatic carbocycles. The molecule has 1 N–H and O–H groups in total. The summed E-state index contributed by atoms with van der Waals surface area (Å²) in [5.74, 6) is 0.296. The largest absolute Gasteiger partial charge is 0.497 e. The molecule has 0 saturated heterocycles. The summed E-state index contributed by atoms with van der Waals surface area (Å²) in [5, 5.41) is 7.91. The van der Waals surface area contributed by atoms with Crippen LogP contribution in [0, 0.1) is 6.92 Å². The third-order valence-electron chi connectivity index (χ3n) is 6.78. The molecule has 1 heterocycles. The third kappa shape index (κ3) is 6.02. The first-order valence-electron chi connectivity index (χ1n) is 13.5. The van der Waals surface area contributed by atoms with Gasteiger partial charge in [0.05, 0.1) is 18.4 Å². The van der Waals surface area contributed by atoms with Crippen molar-refractivity contribution >= 4 is 23.3 Å². The lowest BCUT2D eigenvalue weighted by atomic mass is 10.0. The molecule has 1 aromatic heterocycles. The molecule has 1 amide bonds. The molecular weight excluding hydrogens is 528 g/mol. The number of esters is 1. The molecule has 0 aliphatic carbocycles. The number of hydrogen-bond donors (Lipinski definition) is 1. The van der Waals surface area contributed by atoms with E-state index in [2.05, 4.69) is 5.32 Å². The molecule has 8 heteroatoms. The lowest BCUT2D eigenvalue weighted by Crippen LogP contribution is -2.11. The highest BCUT2D eigenvalue weighted by atomic mass is 16.5. The van der Waals surface area contributed by atoms with Gasteiger partial charge in [0.1, 0.15) is 11.4 Å². The lowest BCUT2D eigenvalue weighted by Gasteiger charge is -2.14. The van der Waals surface area contributed by atoms with Crippen molar-refractivity contribution < 1.29 is 19.1 Å². The predicted octanol–water partition coefficient (Wildman–Crippen LogP) is 6.77. The number of aryl methyl sites for hydroxylation is 1. The van der Waals surface area contributed by atoms with Gasteiger partial charge in [0.15, 0.2) is 0 Å². The number of hydrogen-bond acceptors (Lipinski definition) is 6. The monoisotopic (exact) mass is 560 g/mol. The van der Waals surface area contributed by atoms with Gasteiger partial charge in [-0.3, -0.25) is 9.59 Å². The molecule has 8 nitrogen and oxygen atoms in total. The Morgan fingerprint density at radius 2 is 1.55 bits per heavy atom. The van der Waals surface area contributed by atoms with Crippen molar-refractivity contribution in [2.24, 2.45) is 0 Å². The van der Waals surface area contributed by atoms with Gasteiger partial charge in [-0.1, -0.05) is 42.0 Å². The number of aromatic nitrogens is 2. The molecule has 5 rings (SSSR count). The van der Waals surface area contributed by atoms with E-state index in [4.69, 9.17) is 14.6 Å². The highest BCUT2D eigenvalue weighted by Gasteiger charge is 2.25. The van der Waals surface area contributed by atoms with Crippen LogP contribution in [-0.4, -0.2) is 42.9 Å². The van der Waals surface area contributed by atoms with Crippen molar-refractivity contribution in [1.29, 1.82) is 0 Å². The van der Waals surface area contributed by atoms with Crippen LogP contribution in [0.4, 0.5) is 11.4 Å². The first-order chi connectivity index (χ1) is 20.2. The van der Waals surface area contributed by atoms with Crippen LogP contribution in [0.15, 0.2) is 97.1 Å². The summed E-state index contributed by atoms with van der Waals surface area (Å²) in [6, 6.07) is 30.2. The molecule has 5 aromatic rings. The van der Waals surface area contributed by atoms with Gasteiger partial charge in [-0.25, -0.2) is 0 Å². The van der Waals surface area contributed by atoms with Gasteiger partial charge in [0, 0.05) is 43.5 Å². The van der Waals surface area contributed by atoms with E-state index in [-0.39, 0.29) is 5.91 Å². The van der Waals surface area contributed by atoms with Crippen LogP contribution in [-0.2, 0) is 4.79 Å². The SMILES string of the molecule is COc1ccc(C(=O)Nc2ccc(-c3c(-c4cccc(N(C)C)c4)nn(-c4ccc(C)cc4)c3OC(C)=O)cc2)cc1. The number of nitrogens with one attached hydrogen (secondary N) is 1. The molecule has 212 valence electrons. The molecule has 0 atom stereocenters. The molecule has 0 saturated carbocycles. The lowest BCUT2D eigenvalue weighted by molar-refractivity contribution is -0.132. The van der Waals surface area contributed by atoms with Gasteiger partial charge in [-0.15, -0.1) is 0 Å². The number of amides is 1. The van der Waals surface area contributed by atoms with E-state index in [9.17, 15) is 9.59 Å². The number of carbonyl (C=O) groups is 2. The topological polar surface area (TPSA) is 85.7 Å². The van der Waals surface area contributed by atoms with E-state index < -0.39 is 5.97 Å². The normalized spacial score (nSPS) is 10.7. The maximum Gasteiger partial charge on any atom is 0.309 e. The summed E-state index contributed by atoms with van der Waals surface area (Å²) < 4.78 is 12.7. The molecule has 0 unspecified atom stereocenters. The smallest absolute Gasteiger partial charge is 0.309 e. The quantitative estimate of drug-likeness (QED) is 0.211. The molecule has 0 bridgehead atoms. The molecular formula is C34H32N4O4. The first kappa shape index (κ1) is 28.2. The summed E-state index contributed by atoms with van der Waals surface area (Å²) in [6.07, 6.45) is 0. The minimum Gasteiger partial charge on any atom is -0.497 e. The summed E-state index contributed by atoms with van der Waals surface area (Å²) in [4.78, 5) is 27.2. The predicted molar refractivity (Wildman–Crippen MR) is 166 cm³/mol. The van der Waals surface area contributed by atoms with Crippen molar-refractivity contribution in [1.82, 2.24) is 9.78 Å². The zero-order chi connectivity index (χ0) is 29.8. The maximum absolute atomic E-state index is 12.8. The van der Waals surface area contributed by atoms with Crippen LogP contribution < -0.4 is 19.7 Å². The number of nitrogens with zero attached hydrogens (tertiary/aromatic N) is 3. The van der Waals surface area contributed by atoms with Gasteiger partial charge >= 0.3 is 5.97 Å². The van der Waals surface area contributed by atoms with Gasteiger partial charge in [-0.2, -0.15) is 9.78 Å². The van der Waals surface area contributed by atoms with Crippen LogP contribution in [0.5, 0.6) is 11.6 Å². The fraction of sp³-hybridized carbons (Fsp3) is 0.147. The van der Waals surface area contributed by atoms with Gasteiger partial charge in [-0.05, 0) is 73.2 Å². The number of methoxy groups -OCH3 is 1. The fourth-order valence-electron chi connectivity index (χ4n) is 4.55. The Labute approximate surface area is 245 Å². The maximum atomic E-state index is 12.8. The number of ether oxygens (including phenoxy) is 2. The minimum atomic E-state index is -0.457. The van der Waals surface area contributed by atoms with E-state index in [1.807, 2.05) is 98.7 Å². The molecule has 0 fully saturated rings. The highest BCUT2D eigenvalue weighted by Crippen LogP contribution is 2.42. The molecule has 0 spiro atoms. The summed E-state index contributed by atoms with van der Waals surface area (Å²) in [5.41, 5.74) is 6.97. The second kappa shape index (κ2) is 12.0. The highest BCUT2D eigenvalue weighted by molar-refractivity contribution is 6.04. The second-order valence-electron chi connectivity index (χ2n) is 10.1.